The molecule has 0 aliphatic rings. The van der Waals surface area contributed by atoms with Crippen molar-refractivity contribution in [1.29, 1.82) is 5.26 Å². The van der Waals surface area contributed by atoms with Crippen LogP contribution in [0.15, 0.2) is 47.4 Å². The summed E-state index contributed by atoms with van der Waals surface area (Å²) in [6, 6.07) is 12.7. The lowest BCUT2D eigenvalue weighted by molar-refractivity contribution is -0.137. The van der Waals surface area contributed by atoms with E-state index in [1.54, 1.807) is 11.8 Å². The third kappa shape index (κ3) is 7.54. The summed E-state index contributed by atoms with van der Waals surface area (Å²) in [6.07, 6.45) is -3.11. The van der Waals surface area contributed by atoms with Gasteiger partial charge in [0, 0.05) is 23.0 Å². The Labute approximate surface area is 173 Å². The van der Waals surface area contributed by atoms with Gasteiger partial charge in [-0.2, -0.15) is 18.4 Å². The van der Waals surface area contributed by atoms with Crippen LogP contribution in [-0.2, 0) is 6.18 Å². The molecule has 0 bridgehead atoms. The second-order valence-electron chi connectivity index (χ2n) is 6.65. The summed E-state index contributed by atoms with van der Waals surface area (Å²) in [7, 11) is 0. The van der Waals surface area contributed by atoms with E-state index in [4.69, 9.17) is 14.7 Å². The summed E-state index contributed by atoms with van der Waals surface area (Å²) in [6.45, 7) is 5.00. The van der Waals surface area contributed by atoms with E-state index in [0.29, 0.717) is 24.5 Å². The Balaban J connectivity index is 1.90. The summed E-state index contributed by atoms with van der Waals surface area (Å²) in [4.78, 5) is 1.07. The van der Waals surface area contributed by atoms with Crippen molar-refractivity contribution in [2.45, 2.75) is 37.8 Å². The van der Waals surface area contributed by atoms with Gasteiger partial charge in [0.15, 0.2) is 0 Å². The van der Waals surface area contributed by atoms with Gasteiger partial charge in [-0.1, -0.05) is 6.92 Å². The second-order valence-corrected chi connectivity index (χ2v) is 7.74. The fourth-order valence-electron chi connectivity index (χ4n) is 2.55. The predicted molar refractivity (Wildman–Crippen MR) is 108 cm³/mol. The van der Waals surface area contributed by atoms with Gasteiger partial charge in [-0.25, -0.2) is 0 Å². The largest absolute Gasteiger partial charge is 0.493 e. The number of hydrogen-bond acceptors (Lipinski definition) is 4. The molecule has 0 aliphatic carbocycles. The van der Waals surface area contributed by atoms with Gasteiger partial charge in [-0.05, 0) is 61.4 Å². The molecule has 0 aromatic heterocycles. The minimum absolute atomic E-state index is 0.0383. The number of hydrogen-bond donors (Lipinski definition) is 0. The van der Waals surface area contributed by atoms with Crippen LogP contribution in [0, 0.1) is 24.2 Å². The maximum atomic E-state index is 12.6. The maximum absolute atomic E-state index is 12.6. The molecule has 156 valence electrons. The van der Waals surface area contributed by atoms with Crippen molar-refractivity contribution in [3.8, 4) is 17.6 Å². The van der Waals surface area contributed by atoms with Crippen LogP contribution in [0.1, 0.15) is 30.9 Å². The van der Waals surface area contributed by atoms with E-state index in [2.05, 4.69) is 19.1 Å². The van der Waals surface area contributed by atoms with Crippen LogP contribution < -0.4 is 9.47 Å². The molecule has 7 heteroatoms. The summed E-state index contributed by atoms with van der Waals surface area (Å²) in [5.74, 6) is 1.86. The van der Waals surface area contributed by atoms with E-state index in [-0.39, 0.29) is 12.5 Å². The summed E-state index contributed by atoms with van der Waals surface area (Å²) >= 11 is 1.62. The van der Waals surface area contributed by atoms with Gasteiger partial charge < -0.3 is 9.47 Å². The van der Waals surface area contributed by atoms with Gasteiger partial charge in [0.1, 0.15) is 11.5 Å². The van der Waals surface area contributed by atoms with E-state index in [0.717, 1.165) is 34.8 Å². The SMILES string of the molecule is CCCOc1ccc(SCC(CC#N)COc2ccc(C(F)(F)F)cc2)cc1C. The molecule has 0 radical (unpaired) electrons. The van der Waals surface area contributed by atoms with Crippen LogP contribution in [0.3, 0.4) is 0 Å². The Hall–Kier alpha value is -2.33. The second kappa shape index (κ2) is 11.0. The number of nitrogens with zero attached hydrogens (tertiary/aromatic N) is 1. The van der Waals surface area contributed by atoms with Crippen LogP contribution in [0.4, 0.5) is 13.2 Å². The highest BCUT2D eigenvalue weighted by Gasteiger charge is 2.30. The third-order valence-corrected chi connectivity index (χ3v) is 5.37. The molecule has 0 fully saturated rings. The zero-order chi connectivity index (χ0) is 21.3. The predicted octanol–water partition coefficient (Wildman–Crippen LogP) is 6.50. The third-order valence-electron chi connectivity index (χ3n) is 4.14. The Bertz CT molecular complexity index is 816. The molecule has 0 spiro atoms. The number of ether oxygens (including phenoxy) is 2. The Kier molecular flexibility index (Phi) is 8.71. The number of aryl methyl sites for hydroxylation is 1. The van der Waals surface area contributed by atoms with Crippen molar-refractivity contribution in [2.75, 3.05) is 19.0 Å². The molecular weight excluding hydrogens is 399 g/mol. The van der Waals surface area contributed by atoms with Crippen LogP contribution in [0.25, 0.3) is 0 Å². The highest BCUT2D eigenvalue weighted by atomic mass is 32.2. The topological polar surface area (TPSA) is 42.2 Å². The monoisotopic (exact) mass is 423 g/mol. The van der Waals surface area contributed by atoms with Gasteiger partial charge >= 0.3 is 6.18 Å². The Morgan fingerprint density at radius 3 is 2.41 bits per heavy atom. The smallest absolute Gasteiger partial charge is 0.416 e. The van der Waals surface area contributed by atoms with Gasteiger partial charge in [0.25, 0.3) is 0 Å². The fourth-order valence-corrected chi connectivity index (χ4v) is 3.62. The van der Waals surface area contributed by atoms with E-state index in [1.807, 2.05) is 19.1 Å². The quantitative estimate of drug-likeness (QED) is 0.409. The number of nitriles is 1. The van der Waals surface area contributed by atoms with Crippen molar-refractivity contribution >= 4 is 11.8 Å². The lowest BCUT2D eigenvalue weighted by Gasteiger charge is -2.16. The number of halogens is 3. The molecule has 0 heterocycles. The molecular formula is C22H24F3NO2S. The van der Waals surface area contributed by atoms with E-state index in [1.165, 1.54) is 12.1 Å². The molecule has 0 aliphatic heterocycles. The summed E-state index contributed by atoms with van der Waals surface area (Å²) in [5.41, 5.74) is 0.344. The van der Waals surface area contributed by atoms with Gasteiger partial charge in [0.2, 0.25) is 0 Å². The molecule has 0 N–H and O–H groups in total. The van der Waals surface area contributed by atoms with Gasteiger partial charge in [-0.15, -0.1) is 11.8 Å². The van der Waals surface area contributed by atoms with E-state index < -0.39 is 11.7 Å². The number of alkyl halides is 3. The summed E-state index contributed by atoms with van der Waals surface area (Å²) in [5, 5.41) is 9.06. The van der Waals surface area contributed by atoms with Crippen molar-refractivity contribution in [2.24, 2.45) is 5.92 Å². The molecule has 2 rings (SSSR count). The van der Waals surface area contributed by atoms with Crippen molar-refractivity contribution in [3.63, 3.8) is 0 Å². The zero-order valence-corrected chi connectivity index (χ0v) is 17.3. The van der Waals surface area contributed by atoms with Crippen molar-refractivity contribution < 1.29 is 22.6 Å². The minimum Gasteiger partial charge on any atom is -0.493 e. The molecule has 0 saturated carbocycles. The lowest BCUT2D eigenvalue weighted by Crippen LogP contribution is -2.14. The zero-order valence-electron chi connectivity index (χ0n) is 16.5. The van der Waals surface area contributed by atoms with Crippen LogP contribution in [0.2, 0.25) is 0 Å². The van der Waals surface area contributed by atoms with Crippen molar-refractivity contribution in [1.82, 2.24) is 0 Å². The molecule has 29 heavy (non-hydrogen) atoms. The standard InChI is InChI=1S/C22H24F3NO2S/c1-3-12-27-21-9-8-20(13-16(21)2)29-15-17(10-11-26)14-28-19-6-4-18(5-7-19)22(23,24)25/h4-9,13,17H,3,10,12,14-15H2,1-2H3. The highest BCUT2D eigenvalue weighted by molar-refractivity contribution is 7.99. The van der Waals surface area contributed by atoms with E-state index >= 15 is 0 Å². The Morgan fingerprint density at radius 1 is 1.10 bits per heavy atom. The molecule has 2 aromatic rings. The maximum Gasteiger partial charge on any atom is 0.416 e. The first-order valence-electron chi connectivity index (χ1n) is 9.36. The van der Waals surface area contributed by atoms with Crippen LogP contribution in [0.5, 0.6) is 11.5 Å². The van der Waals surface area contributed by atoms with Crippen molar-refractivity contribution in [3.05, 3.63) is 53.6 Å². The normalized spacial score (nSPS) is 12.3. The van der Waals surface area contributed by atoms with E-state index in [9.17, 15) is 13.2 Å². The Morgan fingerprint density at radius 2 is 1.83 bits per heavy atom. The number of rotatable bonds is 10. The average molecular weight is 424 g/mol. The molecule has 2 aromatic carbocycles. The minimum atomic E-state index is -4.37. The van der Waals surface area contributed by atoms with Gasteiger partial charge in [0.05, 0.1) is 24.8 Å². The molecule has 1 atom stereocenters. The summed E-state index contributed by atoms with van der Waals surface area (Å²) < 4.78 is 49.2. The highest BCUT2D eigenvalue weighted by Crippen LogP contribution is 2.31. The first-order valence-corrected chi connectivity index (χ1v) is 10.3. The molecule has 1 unspecified atom stereocenters. The first-order chi connectivity index (χ1) is 13.8. The van der Waals surface area contributed by atoms with Crippen LogP contribution >= 0.6 is 11.8 Å². The van der Waals surface area contributed by atoms with Gasteiger partial charge in [-0.3, -0.25) is 0 Å². The number of benzene rings is 2. The molecule has 0 amide bonds. The fraction of sp³-hybridized carbons (Fsp3) is 0.409. The van der Waals surface area contributed by atoms with Crippen LogP contribution in [-0.4, -0.2) is 19.0 Å². The first kappa shape index (κ1) is 23.0. The molecule has 3 nitrogen and oxygen atoms in total. The molecule has 0 saturated heterocycles. The lowest BCUT2D eigenvalue weighted by atomic mass is 10.1. The number of thioether (sulfide) groups is 1. The average Bonchev–Trinajstić information content (AvgIpc) is 2.69.